The molecule has 1 fully saturated rings. The van der Waals surface area contributed by atoms with E-state index in [9.17, 15) is 0 Å². The molecular weight excluding hydrogens is 186 g/mol. The van der Waals surface area contributed by atoms with Crippen LogP contribution in [-0.4, -0.2) is 13.2 Å². The van der Waals surface area contributed by atoms with Crippen LogP contribution < -0.4 is 5.73 Å². The molecule has 0 radical (unpaired) electrons. The van der Waals surface area contributed by atoms with E-state index in [2.05, 4.69) is 12.1 Å². The number of hydrogen-bond acceptors (Lipinski definition) is 2. The molecule has 2 nitrogen and oxygen atoms in total. The lowest BCUT2D eigenvalue weighted by atomic mass is 10.1. The largest absolute Gasteiger partial charge is 0.399 e. The molecule has 1 saturated carbocycles. The number of hydrogen-bond donors (Lipinski definition) is 1. The van der Waals surface area contributed by atoms with E-state index in [0.29, 0.717) is 0 Å². The topological polar surface area (TPSA) is 35.2 Å². The van der Waals surface area contributed by atoms with E-state index in [-0.39, 0.29) is 0 Å². The third kappa shape index (κ3) is 3.92. The van der Waals surface area contributed by atoms with Gasteiger partial charge in [-0.25, -0.2) is 0 Å². The third-order valence-electron chi connectivity index (χ3n) is 2.78. The number of rotatable bonds is 6. The Kier molecular flexibility index (Phi) is 3.62. The van der Waals surface area contributed by atoms with E-state index in [1.165, 1.54) is 18.4 Å². The number of benzene rings is 1. The van der Waals surface area contributed by atoms with Crippen LogP contribution in [0.2, 0.25) is 0 Å². The van der Waals surface area contributed by atoms with Crippen molar-refractivity contribution in [1.29, 1.82) is 0 Å². The van der Waals surface area contributed by atoms with Crippen LogP contribution in [-0.2, 0) is 11.2 Å². The molecule has 15 heavy (non-hydrogen) atoms. The monoisotopic (exact) mass is 205 g/mol. The maximum Gasteiger partial charge on any atom is 0.0494 e. The van der Waals surface area contributed by atoms with Gasteiger partial charge in [-0.2, -0.15) is 0 Å². The highest BCUT2D eigenvalue weighted by atomic mass is 16.5. The molecule has 1 aromatic carbocycles. The first-order valence-corrected chi connectivity index (χ1v) is 5.77. The van der Waals surface area contributed by atoms with Gasteiger partial charge in [0.2, 0.25) is 0 Å². The van der Waals surface area contributed by atoms with E-state index in [1.54, 1.807) is 0 Å². The fourth-order valence-electron chi connectivity index (χ4n) is 1.60. The minimum Gasteiger partial charge on any atom is -0.399 e. The highest BCUT2D eigenvalue weighted by Crippen LogP contribution is 2.28. The molecule has 1 aliphatic carbocycles. The van der Waals surface area contributed by atoms with E-state index >= 15 is 0 Å². The average molecular weight is 205 g/mol. The van der Waals surface area contributed by atoms with Crippen LogP contribution in [0, 0.1) is 5.92 Å². The second kappa shape index (κ2) is 5.17. The Morgan fingerprint density at radius 3 is 2.60 bits per heavy atom. The van der Waals surface area contributed by atoms with E-state index in [4.69, 9.17) is 10.5 Å². The predicted octanol–water partition coefficient (Wildman–Crippen LogP) is 2.63. The predicted molar refractivity (Wildman–Crippen MR) is 62.7 cm³/mol. The maximum atomic E-state index is 5.62. The Hall–Kier alpha value is -1.02. The van der Waals surface area contributed by atoms with Gasteiger partial charge in [0.25, 0.3) is 0 Å². The van der Waals surface area contributed by atoms with Crippen molar-refractivity contribution in [2.24, 2.45) is 5.92 Å². The molecule has 2 N–H and O–H groups in total. The van der Waals surface area contributed by atoms with Crippen molar-refractivity contribution in [2.75, 3.05) is 18.9 Å². The van der Waals surface area contributed by atoms with Gasteiger partial charge in [-0.1, -0.05) is 12.1 Å². The third-order valence-corrected chi connectivity index (χ3v) is 2.78. The maximum absolute atomic E-state index is 5.62. The zero-order chi connectivity index (χ0) is 10.5. The molecule has 0 aliphatic heterocycles. The molecule has 0 amide bonds. The van der Waals surface area contributed by atoms with E-state index in [1.807, 2.05) is 12.1 Å². The number of anilines is 1. The second-order valence-electron chi connectivity index (χ2n) is 4.36. The van der Waals surface area contributed by atoms with Crippen molar-refractivity contribution in [3.8, 4) is 0 Å². The van der Waals surface area contributed by atoms with Crippen LogP contribution >= 0.6 is 0 Å². The second-order valence-corrected chi connectivity index (χ2v) is 4.36. The number of nitrogen functional groups attached to an aromatic ring is 1. The minimum atomic E-state index is 0.837. The quantitative estimate of drug-likeness (QED) is 0.572. The molecule has 0 atom stereocenters. The van der Waals surface area contributed by atoms with Crippen LogP contribution in [0.5, 0.6) is 0 Å². The van der Waals surface area contributed by atoms with Crippen molar-refractivity contribution >= 4 is 5.69 Å². The Morgan fingerprint density at radius 2 is 1.93 bits per heavy atom. The summed E-state index contributed by atoms with van der Waals surface area (Å²) in [5.74, 6) is 0.876. The van der Waals surface area contributed by atoms with Gasteiger partial charge in [0.15, 0.2) is 0 Å². The Balaban J connectivity index is 1.58. The molecule has 0 aromatic heterocycles. The standard InChI is InChI=1S/C13H19NO/c14-13-7-5-11(6-8-13)2-1-9-15-10-12-3-4-12/h5-8,12H,1-4,9-10,14H2. The molecular formula is C13H19NO. The summed E-state index contributed by atoms with van der Waals surface area (Å²) in [4.78, 5) is 0. The van der Waals surface area contributed by atoms with Crippen LogP contribution in [0.1, 0.15) is 24.8 Å². The zero-order valence-corrected chi connectivity index (χ0v) is 9.11. The van der Waals surface area contributed by atoms with Gasteiger partial charge in [0.05, 0.1) is 0 Å². The van der Waals surface area contributed by atoms with Gasteiger partial charge in [-0.15, -0.1) is 0 Å². The van der Waals surface area contributed by atoms with Gasteiger partial charge < -0.3 is 10.5 Å². The molecule has 1 aliphatic rings. The normalized spacial score (nSPS) is 15.5. The van der Waals surface area contributed by atoms with Crippen molar-refractivity contribution in [1.82, 2.24) is 0 Å². The van der Waals surface area contributed by atoms with Gasteiger partial charge in [0.1, 0.15) is 0 Å². The summed E-state index contributed by atoms with van der Waals surface area (Å²) in [5, 5.41) is 0. The lowest BCUT2D eigenvalue weighted by molar-refractivity contribution is 0.122. The van der Waals surface area contributed by atoms with Gasteiger partial charge in [0, 0.05) is 18.9 Å². The van der Waals surface area contributed by atoms with Crippen molar-refractivity contribution in [3.63, 3.8) is 0 Å². The highest BCUT2D eigenvalue weighted by Gasteiger charge is 2.20. The van der Waals surface area contributed by atoms with Crippen molar-refractivity contribution in [2.45, 2.75) is 25.7 Å². The molecule has 2 rings (SSSR count). The molecule has 0 spiro atoms. The van der Waals surface area contributed by atoms with Crippen LogP contribution in [0.3, 0.4) is 0 Å². The molecule has 1 aromatic rings. The molecule has 2 heteroatoms. The average Bonchev–Trinajstić information content (AvgIpc) is 3.04. The Morgan fingerprint density at radius 1 is 1.20 bits per heavy atom. The van der Waals surface area contributed by atoms with E-state index in [0.717, 1.165) is 37.7 Å². The zero-order valence-electron chi connectivity index (χ0n) is 9.11. The van der Waals surface area contributed by atoms with Gasteiger partial charge in [-0.05, 0) is 49.3 Å². The summed E-state index contributed by atoms with van der Waals surface area (Å²) >= 11 is 0. The van der Waals surface area contributed by atoms with Crippen LogP contribution in [0.4, 0.5) is 5.69 Å². The SMILES string of the molecule is Nc1ccc(CCCOCC2CC2)cc1. The number of nitrogens with two attached hydrogens (primary N) is 1. The summed E-state index contributed by atoms with van der Waals surface area (Å²) < 4.78 is 5.58. The van der Waals surface area contributed by atoms with Crippen molar-refractivity contribution in [3.05, 3.63) is 29.8 Å². The highest BCUT2D eigenvalue weighted by molar-refractivity contribution is 5.39. The van der Waals surface area contributed by atoms with Gasteiger partial charge in [-0.3, -0.25) is 0 Å². The summed E-state index contributed by atoms with van der Waals surface area (Å²) in [5.41, 5.74) is 7.80. The lowest BCUT2D eigenvalue weighted by Gasteiger charge is -2.03. The fraction of sp³-hybridized carbons (Fsp3) is 0.538. The Bertz CT molecular complexity index is 290. The lowest BCUT2D eigenvalue weighted by Crippen LogP contribution is -2.00. The first kappa shape index (κ1) is 10.5. The Labute approximate surface area is 91.4 Å². The number of aryl methyl sites for hydroxylation is 1. The van der Waals surface area contributed by atoms with Crippen molar-refractivity contribution < 1.29 is 4.74 Å². The first-order valence-electron chi connectivity index (χ1n) is 5.77. The molecule has 0 heterocycles. The number of ether oxygens (including phenoxy) is 1. The first-order chi connectivity index (χ1) is 7.34. The summed E-state index contributed by atoms with van der Waals surface area (Å²) in [6.07, 6.45) is 4.94. The molecule has 0 bridgehead atoms. The van der Waals surface area contributed by atoms with E-state index < -0.39 is 0 Å². The van der Waals surface area contributed by atoms with Crippen LogP contribution in [0.15, 0.2) is 24.3 Å². The summed E-state index contributed by atoms with van der Waals surface area (Å²) in [6.45, 7) is 1.86. The molecule has 82 valence electrons. The minimum absolute atomic E-state index is 0.837. The summed E-state index contributed by atoms with van der Waals surface area (Å²) in [7, 11) is 0. The summed E-state index contributed by atoms with van der Waals surface area (Å²) in [6, 6.07) is 8.10. The fourth-order valence-corrected chi connectivity index (χ4v) is 1.60. The molecule has 0 unspecified atom stereocenters. The smallest absolute Gasteiger partial charge is 0.0494 e. The van der Waals surface area contributed by atoms with Gasteiger partial charge >= 0.3 is 0 Å². The van der Waals surface area contributed by atoms with Crippen LogP contribution in [0.25, 0.3) is 0 Å². The molecule has 0 saturated heterocycles.